The minimum absolute atomic E-state index is 0.119. The third kappa shape index (κ3) is 4.09. The van der Waals surface area contributed by atoms with Crippen LogP contribution in [0.25, 0.3) is 0 Å². The molecule has 1 aromatic rings. The van der Waals surface area contributed by atoms with Gasteiger partial charge >= 0.3 is 0 Å². The molecule has 1 N–H and O–H groups in total. The molecule has 1 fully saturated rings. The van der Waals surface area contributed by atoms with Crippen molar-refractivity contribution in [3.63, 3.8) is 0 Å². The molecule has 0 spiro atoms. The molecule has 0 aromatic heterocycles. The molecule has 1 saturated carbocycles. The Bertz CT molecular complexity index is 491. The van der Waals surface area contributed by atoms with Crippen LogP contribution in [0.15, 0.2) is 28.7 Å². The van der Waals surface area contributed by atoms with E-state index in [0.717, 1.165) is 22.9 Å². The molecule has 0 bridgehead atoms. The van der Waals surface area contributed by atoms with Crippen LogP contribution in [0.4, 0.5) is 0 Å². The Morgan fingerprint density at radius 3 is 2.84 bits per heavy atom. The first kappa shape index (κ1) is 14.1. The first-order valence-electron chi connectivity index (χ1n) is 6.39. The van der Waals surface area contributed by atoms with E-state index in [4.69, 9.17) is 6.42 Å². The molecular weight excluding hydrogens is 304 g/mol. The Hall–Kier alpha value is -1.31. The largest absolute Gasteiger partial charge is 0.334 e. The number of rotatable bonds is 6. The molecule has 1 aromatic carbocycles. The van der Waals surface area contributed by atoms with E-state index in [9.17, 15) is 4.79 Å². The first-order valence-corrected chi connectivity index (χ1v) is 7.18. The van der Waals surface area contributed by atoms with Gasteiger partial charge in [0.2, 0.25) is 5.91 Å². The van der Waals surface area contributed by atoms with Crippen molar-refractivity contribution in [1.29, 1.82) is 0 Å². The molecule has 1 aliphatic carbocycles. The second-order valence-corrected chi connectivity index (χ2v) is 5.51. The van der Waals surface area contributed by atoms with Gasteiger partial charge in [0.1, 0.15) is 0 Å². The van der Waals surface area contributed by atoms with E-state index < -0.39 is 0 Å². The van der Waals surface area contributed by atoms with Gasteiger partial charge in [-0.25, -0.2) is 0 Å². The minimum Gasteiger partial charge on any atom is -0.334 e. The monoisotopic (exact) mass is 320 g/mol. The van der Waals surface area contributed by atoms with Crippen LogP contribution in [0.5, 0.6) is 0 Å². The summed E-state index contributed by atoms with van der Waals surface area (Å²) in [4.78, 5) is 14.1. The van der Waals surface area contributed by atoms with Crippen LogP contribution in [0.3, 0.4) is 0 Å². The van der Waals surface area contributed by atoms with Crippen molar-refractivity contribution in [2.75, 3.05) is 13.1 Å². The summed E-state index contributed by atoms with van der Waals surface area (Å²) in [6.07, 6.45) is 7.37. The Labute approximate surface area is 122 Å². The van der Waals surface area contributed by atoms with Crippen molar-refractivity contribution >= 4 is 21.8 Å². The molecule has 0 heterocycles. The number of nitrogens with zero attached hydrogens (tertiary/aromatic N) is 1. The zero-order chi connectivity index (χ0) is 13.7. The molecule has 1 amide bonds. The Morgan fingerprint density at radius 2 is 2.21 bits per heavy atom. The maximum Gasteiger partial charge on any atom is 0.237 e. The van der Waals surface area contributed by atoms with Gasteiger partial charge in [-0.15, -0.1) is 6.42 Å². The van der Waals surface area contributed by atoms with Gasteiger partial charge in [0.15, 0.2) is 0 Å². The van der Waals surface area contributed by atoms with Crippen LogP contribution in [0, 0.1) is 12.3 Å². The summed E-state index contributed by atoms with van der Waals surface area (Å²) in [5, 5.41) is 2.96. The SMILES string of the molecule is C#CCNCC(=O)N(Cc1ccccc1Br)C1CC1. The number of terminal acetylenes is 1. The lowest BCUT2D eigenvalue weighted by atomic mass is 10.2. The Balaban J connectivity index is 1.99. The van der Waals surface area contributed by atoms with E-state index in [2.05, 4.69) is 27.2 Å². The van der Waals surface area contributed by atoms with Crippen molar-refractivity contribution in [3.8, 4) is 12.3 Å². The van der Waals surface area contributed by atoms with E-state index >= 15 is 0 Å². The summed E-state index contributed by atoms with van der Waals surface area (Å²) in [5.41, 5.74) is 1.14. The smallest absolute Gasteiger partial charge is 0.237 e. The summed E-state index contributed by atoms with van der Waals surface area (Å²) in [6, 6.07) is 8.41. The number of halogens is 1. The third-order valence-electron chi connectivity index (χ3n) is 3.11. The lowest BCUT2D eigenvalue weighted by Gasteiger charge is -2.23. The standard InChI is InChI=1S/C15H17BrN2O/c1-2-9-17-10-15(19)18(13-7-8-13)11-12-5-3-4-6-14(12)16/h1,3-6,13,17H,7-11H2. The fourth-order valence-electron chi connectivity index (χ4n) is 1.96. The quantitative estimate of drug-likeness (QED) is 0.643. The topological polar surface area (TPSA) is 32.3 Å². The van der Waals surface area contributed by atoms with Gasteiger partial charge in [0.05, 0.1) is 13.1 Å². The molecule has 19 heavy (non-hydrogen) atoms. The van der Waals surface area contributed by atoms with E-state index in [1.165, 1.54) is 0 Å². The average molecular weight is 321 g/mol. The summed E-state index contributed by atoms with van der Waals surface area (Å²) in [6.45, 7) is 1.40. The number of carbonyl (C=O) groups excluding carboxylic acids is 1. The van der Waals surface area contributed by atoms with Gasteiger partial charge in [-0.3, -0.25) is 10.1 Å². The maximum atomic E-state index is 12.2. The highest BCUT2D eigenvalue weighted by molar-refractivity contribution is 9.10. The van der Waals surface area contributed by atoms with Gasteiger partial charge in [-0.1, -0.05) is 40.0 Å². The van der Waals surface area contributed by atoms with Crippen LogP contribution >= 0.6 is 15.9 Å². The first-order chi connectivity index (χ1) is 9.22. The molecule has 3 nitrogen and oxygen atoms in total. The molecule has 1 aliphatic rings. The lowest BCUT2D eigenvalue weighted by Crippen LogP contribution is -2.39. The van der Waals surface area contributed by atoms with Crippen molar-refractivity contribution in [1.82, 2.24) is 10.2 Å². The minimum atomic E-state index is 0.119. The highest BCUT2D eigenvalue weighted by Crippen LogP contribution is 2.29. The number of amides is 1. The van der Waals surface area contributed by atoms with Crippen LogP contribution in [-0.4, -0.2) is 29.9 Å². The van der Waals surface area contributed by atoms with E-state index in [0.29, 0.717) is 25.7 Å². The van der Waals surface area contributed by atoms with Gasteiger partial charge in [-0.05, 0) is 24.5 Å². The number of nitrogens with one attached hydrogen (secondary N) is 1. The van der Waals surface area contributed by atoms with Gasteiger partial charge in [0, 0.05) is 17.1 Å². The molecule has 4 heteroatoms. The van der Waals surface area contributed by atoms with Crippen LogP contribution in [0.2, 0.25) is 0 Å². The van der Waals surface area contributed by atoms with E-state index in [-0.39, 0.29) is 5.91 Å². The summed E-state index contributed by atoms with van der Waals surface area (Å²) in [7, 11) is 0. The predicted octanol–water partition coefficient (Wildman–Crippen LogP) is 2.16. The molecule has 0 atom stereocenters. The third-order valence-corrected chi connectivity index (χ3v) is 3.88. The summed E-state index contributed by atoms with van der Waals surface area (Å²) >= 11 is 3.53. The van der Waals surface area contributed by atoms with Gasteiger partial charge < -0.3 is 4.90 Å². The second kappa shape index (κ2) is 6.74. The van der Waals surface area contributed by atoms with Crippen LogP contribution < -0.4 is 5.32 Å². The van der Waals surface area contributed by atoms with Crippen LogP contribution in [-0.2, 0) is 11.3 Å². The molecule has 0 radical (unpaired) electrons. The highest BCUT2D eigenvalue weighted by atomic mass is 79.9. The van der Waals surface area contributed by atoms with Crippen molar-refractivity contribution in [2.24, 2.45) is 0 Å². The number of hydrogen-bond acceptors (Lipinski definition) is 2. The molecule has 0 aliphatic heterocycles. The summed E-state index contributed by atoms with van der Waals surface area (Å²) < 4.78 is 1.05. The zero-order valence-electron chi connectivity index (χ0n) is 10.7. The lowest BCUT2D eigenvalue weighted by molar-refractivity contribution is -0.131. The van der Waals surface area contributed by atoms with Gasteiger partial charge in [0.25, 0.3) is 0 Å². The highest BCUT2D eigenvalue weighted by Gasteiger charge is 2.32. The fourth-order valence-corrected chi connectivity index (χ4v) is 2.37. The number of benzene rings is 1. The average Bonchev–Trinajstić information content (AvgIpc) is 3.22. The van der Waals surface area contributed by atoms with Crippen molar-refractivity contribution < 1.29 is 4.79 Å². The summed E-state index contributed by atoms with van der Waals surface area (Å²) in [5.74, 6) is 2.60. The fraction of sp³-hybridized carbons (Fsp3) is 0.400. The normalized spacial score (nSPS) is 13.9. The second-order valence-electron chi connectivity index (χ2n) is 4.65. The molecule has 2 rings (SSSR count). The Kier molecular flexibility index (Phi) is 5.00. The van der Waals surface area contributed by atoms with Crippen molar-refractivity contribution in [3.05, 3.63) is 34.3 Å². The maximum absolute atomic E-state index is 12.2. The number of carbonyl (C=O) groups is 1. The van der Waals surface area contributed by atoms with Gasteiger partial charge in [-0.2, -0.15) is 0 Å². The van der Waals surface area contributed by atoms with Crippen LogP contribution in [0.1, 0.15) is 18.4 Å². The molecular formula is C15H17BrN2O. The molecule has 0 unspecified atom stereocenters. The zero-order valence-corrected chi connectivity index (χ0v) is 12.3. The van der Waals surface area contributed by atoms with E-state index in [1.807, 2.05) is 29.2 Å². The van der Waals surface area contributed by atoms with Crippen molar-refractivity contribution in [2.45, 2.75) is 25.4 Å². The Morgan fingerprint density at radius 1 is 1.47 bits per heavy atom. The predicted molar refractivity (Wildman–Crippen MR) is 79.4 cm³/mol. The van der Waals surface area contributed by atoms with E-state index in [1.54, 1.807) is 0 Å². The molecule has 100 valence electrons. The number of hydrogen-bond donors (Lipinski definition) is 1. The molecule has 0 saturated heterocycles.